The lowest BCUT2D eigenvalue weighted by Gasteiger charge is -2.11. The zero-order chi connectivity index (χ0) is 16.5. The molecule has 2 aromatic rings. The van der Waals surface area contributed by atoms with Gasteiger partial charge in [-0.05, 0) is 29.3 Å². The largest absolute Gasteiger partial charge is 0.479 e. The van der Waals surface area contributed by atoms with E-state index in [1.807, 2.05) is 0 Å². The molecule has 0 aliphatic rings. The summed E-state index contributed by atoms with van der Waals surface area (Å²) in [5.41, 5.74) is 0.213. The normalized spacial score (nSPS) is 13.0. The number of carbonyl (C=O) groups is 1. The van der Waals surface area contributed by atoms with Gasteiger partial charge in [0.2, 0.25) is 0 Å². The van der Waals surface area contributed by atoms with E-state index in [0.29, 0.717) is 11.1 Å². The van der Waals surface area contributed by atoms with Crippen LogP contribution in [0.5, 0.6) is 0 Å². The maximum absolute atomic E-state index is 12.5. The minimum Gasteiger partial charge on any atom is -0.479 e. The molecule has 0 aliphatic carbocycles. The van der Waals surface area contributed by atoms with Crippen LogP contribution in [0.15, 0.2) is 42.5 Å². The monoisotopic (exact) mass is 330 g/mol. The number of aliphatic hydroxyl groups is 1. The molecule has 3 nitrogen and oxygen atoms in total. The fraction of sp³-hybridized carbons (Fsp3) is 0.133. The van der Waals surface area contributed by atoms with Gasteiger partial charge in [0.25, 0.3) is 0 Å². The standard InChI is InChI=1S/C15H10ClF3O3/c16-12-7-9(13(20)14(21)22)3-6-11(12)8-1-4-10(5-2-8)15(17,18)19/h1-7,13,20H,(H,21,22). The molecule has 1 atom stereocenters. The first-order chi connectivity index (χ1) is 10.2. The van der Waals surface area contributed by atoms with E-state index in [9.17, 15) is 23.1 Å². The van der Waals surface area contributed by atoms with E-state index < -0.39 is 23.8 Å². The third kappa shape index (κ3) is 3.40. The summed E-state index contributed by atoms with van der Waals surface area (Å²) < 4.78 is 37.5. The van der Waals surface area contributed by atoms with Crippen LogP contribution >= 0.6 is 11.6 Å². The molecule has 0 aliphatic heterocycles. The number of halogens is 4. The van der Waals surface area contributed by atoms with Crippen molar-refractivity contribution in [3.8, 4) is 11.1 Å². The number of rotatable bonds is 3. The summed E-state index contributed by atoms with van der Waals surface area (Å²) in [5, 5.41) is 18.3. The fourth-order valence-electron chi connectivity index (χ4n) is 1.92. The van der Waals surface area contributed by atoms with E-state index in [2.05, 4.69) is 0 Å². The Morgan fingerprint density at radius 3 is 2.14 bits per heavy atom. The van der Waals surface area contributed by atoms with Gasteiger partial charge < -0.3 is 10.2 Å². The molecule has 0 heterocycles. The summed E-state index contributed by atoms with van der Waals surface area (Å²) >= 11 is 6.02. The van der Waals surface area contributed by atoms with Crippen molar-refractivity contribution in [1.29, 1.82) is 0 Å². The highest BCUT2D eigenvalue weighted by molar-refractivity contribution is 6.33. The van der Waals surface area contributed by atoms with E-state index in [1.165, 1.54) is 30.3 Å². The van der Waals surface area contributed by atoms with E-state index in [4.69, 9.17) is 16.7 Å². The second kappa shape index (κ2) is 5.98. The van der Waals surface area contributed by atoms with Crippen molar-refractivity contribution in [3.63, 3.8) is 0 Å². The van der Waals surface area contributed by atoms with E-state index in [1.54, 1.807) is 0 Å². The van der Waals surface area contributed by atoms with Gasteiger partial charge in [0, 0.05) is 10.6 Å². The molecular weight excluding hydrogens is 321 g/mol. The van der Waals surface area contributed by atoms with Gasteiger partial charge in [0.05, 0.1) is 5.56 Å². The van der Waals surface area contributed by atoms with Crippen LogP contribution in [0.1, 0.15) is 17.2 Å². The number of hydrogen-bond acceptors (Lipinski definition) is 2. The topological polar surface area (TPSA) is 57.5 Å². The number of alkyl halides is 3. The van der Waals surface area contributed by atoms with E-state index in [-0.39, 0.29) is 10.6 Å². The molecule has 2 rings (SSSR count). The highest BCUT2D eigenvalue weighted by Gasteiger charge is 2.30. The zero-order valence-corrected chi connectivity index (χ0v) is 11.7. The van der Waals surface area contributed by atoms with Crippen LogP contribution in [0.2, 0.25) is 5.02 Å². The van der Waals surface area contributed by atoms with Crippen molar-refractivity contribution in [2.24, 2.45) is 0 Å². The highest BCUT2D eigenvalue weighted by atomic mass is 35.5. The molecule has 0 amide bonds. The number of aliphatic hydroxyl groups excluding tert-OH is 1. The summed E-state index contributed by atoms with van der Waals surface area (Å²) in [6.45, 7) is 0. The fourth-order valence-corrected chi connectivity index (χ4v) is 2.21. The van der Waals surface area contributed by atoms with Crippen LogP contribution in [0.25, 0.3) is 11.1 Å². The maximum Gasteiger partial charge on any atom is 0.416 e. The number of carboxylic acid groups (broad SMARTS) is 1. The molecular formula is C15H10ClF3O3. The predicted octanol–water partition coefficient (Wildman–Crippen LogP) is 4.14. The number of carboxylic acids is 1. The van der Waals surface area contributed by atoms with Gasteiger partial charge in [-0.3, -0.25) is 0 Å². The lowest BCUT2D eigenvalue weighted by Crippen LogP contribution is -2.10. The quantitative estimate of drug-likeness (QED) is 0.889. The Morgan fingerprint density at radius 1 is 1.09 bits per heavy atom. The Hall–Kier alpha value is -2.05. The highest BCUT2D eigenvalue weighted by Crippen LogP contribution is 2.34. The van der Waals surface area contributed by atoms with Gasteiger partial charge in [0.1, 0.15) is 0 Å². The first kappa shape index (κ1) is 16.3. The second-order valence-corrected chi connectivity index (χ2v) is 4.96. The van der Waals surface area contributed by atoms with Crippen molar-refractivity contribution in [3.05, 3.63) is 58.6 Å². The smallest absolute Gasteiger partial charge is 0.416 e. The lowest BCUT2D eigenvalue weighted by atomic mass is 10.0. The minimum atomic E-state index is -4.42. The summed E-state index contributed by atoms with van der Waals surface area (Å²) in [6, 6.07) is 8.50. The van der Waals surface area contributed by atoms with Crippen LogP contribution < -0.4 is 0 Å². The van der Waals surface area contributed by atoms with Crippen molar-refractivity contribution < 1.29 is 28.2 Å². The molecule has 0 fully saturated rings. The van der Waals surface area contributed by atoms with Gasteiger partial charge >= 0.3 is 12.1 Å². The molecule has 7 heteroatoms. The molecule has 2 aromatic carbocycles. The second-order valence-electron chi connectivity index (χ2n) is 4.56. The molecule has 1 unspecified atom stereocenters. The first-order valence-corrected chi connectivity index (χ1v) is 6.46. The van der Waals surface area contributed by atoms with Crippen molar-refractivity contribution >= 4 is 17.6 Å². The number of benzene rings is 2. The average molecular weight is 331 g/mol. The minimum absolute atomic E-state index is 0.0909. The number of hydrogen-bond donors (Lipinski definition) is 2. The lowest BCUT2D eigenvalue weighted by molar-refractivity contribution is -0.147. The van der Waals surface area contributed by atoms with Gasteiger partial charge in [-0.15, -0.1) is 0 Å². The molecule has 0 saturated carbocycles. The maximum atomic E-state index is 12.5. The van der Waals surface area contributed by atoms with Gasteiger partial charge in [-0.25, -0.2) is 4.79 Å². The summed E-state index contributed by atoms with van der Waals surface area (Å²) in [4.78, 5) is 10.7. The summed E-state index contributed by atoms with van der Waals surface area (Å²) in [6.07, 6.45) is -6.13. The Labute approximate surface area is 128 Å². The summed E-state index contributed by atoms with van der Waals surface area (Å²) in [7, 11) is 0. The third-order valence-corrected chi connectivity index (χ3v) is 3.38. The molecule has 116 valence electrons. The Balaban J connectivity index is 2.36. The molecule has 22 heavy (non-hydrogen) atoms. The SMILES string of the molecule is O=C(O)C(O)c1ccc(-c2ccc(C(F)(F)F)cc2)c(Cl)c1. The van der Waals surface area contributed by atoms with Crippen LogP contribution in [-0.4, -0.2) is 16.2 Å². The molecule has 0 radical (unpaired) electrons. The van der Waals surface area contributed by atoms with Crippen molar-refractivity contribution in [1.82, 2.24) is 0 Å². The molecule has 0 spiro atoms. The third-order valence-electron chi connectivity index (χ3n) is 3.07. The van der Waals surface area contributed by atoms with Gasteiger partial charge in [-0.2, -0.15) is 13.2 Å². The van der Waals surface area contributed by atoms with Gasteiger partial charge in [-0.1, -0.05) is 35.9 Å². The first-order valence-electron chi connectivity index (χ1n) is 6.08. The van der Waals surface area contributed by atoms with E-state index >= 15 is 0 Å². The Morgan fingerprint density at radius 2 is 1.68 bits per heavy atom. The molecule has 0 saturated heterocycles. The van der Waals surface area contributed by atoms with Crippen LogP contribution in [0, 0.1) is 0 Å². The average Bonchev–Trinajstić information content (AvgIpc) is 2.45. The zero-order valence-electron chi connectivity index (χ0n) is 10.9. The summed E-state index contributed by atoms with van der Waals surface area (Å²) in [5.74, 6) is -1.42. The number of aliphatic carboxylic acids is 1. The van der Waals surface area contributed by atoms with Crippen LogP contribution in [-0.2, 0) is 11.0 Å². The van der Waals surface area contributed by atoms with Crippen molar-refractivity contribution in [2.75, 3.05) is 0 Å². The Bertz CT molecular complexity index is 696. The molecule has 2 N–H and O–H groups in total. The van der Waals surface area contributed by atoms with Gasteiger partial charge in [0.15, 0.2) is 6.10 Å². The predicted molar refractivity (Wildman–Crippen MR) is 74.5 cm³/mol. The van der Waals surface area contributed by atoms with Crippen LogP contribution in [0.4, 0.5) is 13.2 Å². The molecule has 0 bridgehead atoms. The van der Waals surface area contributed by atoms with Crippen LogP contribution in [0.3, 0.4) is 0 Å². The molecule has 0 aromatic heterocycles. The van der Waals surface area contributed by atoms with Crippen molar-refractivity contribution in [2.45, 2.75) is 12.3 Å². The Kier molecular flexibility index (Phi) is 4.44. The van der Waals surface area contributed by atoms with E-state index in [0.717, 1.165) is 12.1 Å².